The van der Waals surface area contributed by atoms with Gasteiger partial charge in [-0.3, -0.25) is 4.79 Å². The van der Waals surface area contributed by atoms with Gasteiger partial charge in [0.1, 0.15) is 6.10 Å². The molecule has 0 N–H and O–H groups in total. The fraction of sp³-hybridized carbons (Fsp3) is 0.897. The number of allylic oxidation sites excluding steroid dienone is 1. The fourth-order valence-corrected chi connectivity index (χ4v) is 7.91. The Labute approximate surface area is 193 Å². The number of hydrogen-bond acceptors (Lipinski definition) is 2. The van der Waals surface area contributed by atoms with Gasteiger partial charge < -0.3 is 4.74 Å². The monoisotopic (exact) mass is 430 g/mol. The summed E-state index contributed by atoms with van der Waals surface area (Å²) in [5.74, 6) is 4.21. The average Bonchev–Trinajstić information content (AvgIpc) is 3.02. The van der Waals surface area contributed by atoms with Crippen molar-refractivity contribution < 1.29 is 9.53 Å². The number of carbonyl (C=O) groups is 1. The van der Waals surface area contributed by atoms with Crippen LogP contribution in [0, 0.1) is 40.4 Å². The lowest BCUT2D eigenvalue weighted by atomic mass is 9.49. The predicted octanol–water partition coefficient (Wildman–Crippen LogP) is 8.35. The van der Waals surface area contributed by atoms with Crippen LogP contribution in [-0.2, 0) is 9.53 Å². The van der Waals surface area contributed by atoms with Crippen LogP contribution in [0.4, 0.5) is 0 Å². The van der Waals surface area contributed by atoms with Crippen molar-refractivity contribution in [1.82, 2.24) is 0 Å². The van der Waals surface area contributed by atoms with Crippen LogP contribution in [-0.4, -0.2) is 12.1 Å². The zero-order chi connectivity index (χ0) is 22.8. The summed E-state index contributed by atoms with van der Waals surface area (Å²) < 4.78 is 5.61. The molecule has 3 rings (SSSR count). The Bertz CT molecular complexity index is 645. The third-order valence-electron chi connectivity index (χ3n) is 9.84. The lowest BCUT2D eigenvalue weighted by Crippen LogP contribution is -2.48. The molecule has 2 saturated carbocycles. The molecule has 0 radical (unpaired) electrons. The van der Waals surface area contributed by atoms with Crippen LogP contribution < -0.4 is 0 Å². The molecule has 2 nitrogen and oxygen atoms in total. The summed E-state index contributed by atoms with van der Waals surface area (Å²) in [5, 5.41) is 0. The maximum atomic E-state index is 11.5. The van der Waals surface area contributed by atoms with E-state index in [1.54, 1.807) is 12.5 Å². The minimum Gasteiger partial charge on any atom is -0.462 e. The van der Waals surface area contributed by atoms with Crippen LogP contribution in [0.1, 0.15) is 119 Å². The topological polar surface area (TPSA) is 26.3 Å². The van der Waals surface area contributed by atoms with E-state index in [1.807, 2.05) is 0 Å². The molecule has 0 amide bonds. The van der Waals surface area contributed by atoms with Gasteiger partial charge in [-0.2, -0.15) is 0 Å². The van der Waals surface area contributed by atoms with E-state index >= 15 is 0 Å². The van der Waals surface area contributed by atoms with E-state index in [1.165, 1.54) is 57.8 Å². The van der Waals surface area contributed by atoms with Crippen molar-refractivity contribution in [2.45, 2.75) is 125 Å². The van der Waals surface area contributed by atoms with E-state index in [4.69, 9.17) is 4.74 Å². The molecule has 3 aliphatic carbocycles. The highest BCUT2D eigenvalue weighted by Gasteiger charge is 2.56. The number of carbonyl (C=O) groups excluding carboxylic acids is 1. The van der Waals surface area contributed by atoms with Crippen molar-refractivity contribution >= 4 is 5.97 Å². The molecule has 0 bridgehead atoms. The molecule has 2 heteroatoms. The quantitative estimate of drug-likeness (QED) is 0.209. The van der Waals surface area contributed by atoms with Crippen molar-refractivity contribution in [3.05, 3.63) is 11.6 Å². The largest absolute Gasteiger partial charge is 0.462 e. The smallest absolute Gasteiger partial charge is 0.302 e. The molecule has 0 aliphatic heterocycles. The van der Waals surface area contributed by atoms with Gasteiger partial charge in [-0.25, -0.2) is 0 Å². The molecule has 0 aromatic rings. The predicted molar refractivity (Wildman–Crippen MR) is 131 cm³/mol. The van der Waals surface area contributed by atoms with Crippen LogP contribution in [0.5, 0.6) is 0 Å². The molecule has 6 atom stereocenters. The number of ether oxygens (including phenoxy) is 1. The second-order valence-corrected chi connectivity index (χ2v) is 12.4. The van der Waals surface area contributed by atoms with Gasteiger partial charge in [0.05, 0.1) is 0 Å². The lowest BCUT2D eigenvalue weighted by molar-refractivity contribution is -0.146. The summed E-state index contributed by atoms with van der Waals surface area (Å²) in [6.45, 7) is 16.0. The van der Waals surface area contributed by atoms with Crippen molar-refractivity contribution in [2.24, 2.45) is 40.4 Å². The van der Waals surface area contributed by atoms with Crippen LogP contribution in [0.25, 0.3) is 0 Å². The Morgan fingerprint density at radius 3 is 2.52 bits per heavy atom. The molecular formula is C29H50O2. The summed E-state index contributed by atoms with van der Waals surface area (Å²) in [5.41, 5.74) is 2.35. The zero-order valence-corrected chi connectivity index (χ0v) is 21.6. The van der Waals surface area contributed by atoms with Gasteiger partial charge in [0, 0.05) is 13.3 Å². The summed E-state index contributed by atoms with van der Waals surface area (Å²) in [6, 6.07) is 0. The first-order valence-corrected chi connectivity index (χ1v) is 13.5. The average molecular weight is 431 g/mol. The molecular weight excluding hydrogens is 380 g/mol. The summed E-state index contributed by atoms with van der Waals surface area (Å²) >= 11 is 0. The first-order chi connectivity index (χ1) is 14.6. The second kappa shape index (κ2) is 10.0. The number of rotatable bonds is 9. The van der Waals surface area contributed by atoms with Gasteiger partial charge >= 0.3 is 5.97 Å². The van der Waals surface area contributed by atoms with E-state index in [2.05, 4.69) is 47.6 Å². The van der Waals surface area contributed by atoms with Gasteiger partial charge in [0.2, 0.25) is 0 Å². The number of hydrogen-bond donors (Lipinski definition) is 0. The van der Waals surface area contributed by atoms with Crippen LogP contribution in [0.2, 0.25) is 0 Å². The van der Waals surface area contributed by atoms with E-state index in [9.17, 15) is 4.79 Å². The van der Waals surface area contributed by atoms with Gasteiger partial charge in [0.25, 0.3) is 0 Å². The van der Waals surface area contributed by atoms with Crippen LogP contribution >= 0.6 is 0 Å². The highest BCUT2D eigenvalue weighted by Crippen LogP contribution is 2.65. The molecule has 31 heavy (non-hydrogen) atoms. The van der Waals surface area contributed by atoms with Crippen molar-refractivity contribution in [3.8, 4) is 0 Å². The number of unbranched alkanes of at least 4 members (excludes halogenated alkanes) is 1. The maximum absolute atomic E-state index is 11.5. The number of esters is 1. The molecule has 2 fully saturated rings. The summed E-state index contributed by atoms with van der Waals surface area (Å²) in [6.07, 6.45) is 17.1. The van der Waals surface area contributed by atoms with E-state index in [-0.39, 0.29) is 17.5 Å². The Balaban J connectivity index is 1.68. The Morgan fingerprint density at radius 1 is 1.13 bits per heavy atom. The van der Waals surface area contributed by atoms with Gasteiger partial charge in [0.15, 0.2) is 0 Å². The van der Waals surface area contributed by atoms with E-state index in [0.29, 0.717) is 5.41 Å². The SMILES string of the molecule is CC[C@@H](CC1=CC[C@@H]2[C@H](CC[C@]3(C)[C@@H](CCCCC(C)C)CC[C@@H]23)C1(C)C)OC(C)=O. The summed E-state index contributed by atoms with van der Waals surface area (Å²) in [7, 11) is 0. The molecule has 0 aromatic heterocycles. The van der Waals surface area contributed by atoms with E-state index < -0.39 is 0 Å². The Kier molecular flexibility index (Phi) is 8.02. The molecule has 0 heterocycles. The molecule has 0 spiro atoms. The normalized spacial score (nSPS) is 35.3. The van der Waals surface area contributed by atoms with Crippen LogP contribution in [0.15, 0.2) is 11.6 Å². The van der Waals surface area contributed by atoms with Gasteiger partial charge in [-0.05, 0) is 85.4 Å². The minimum absolute atomic E-state index is 0.0372. The zero-order valence-electron chi connectivity index (χ0n) is 21.6. The lowest BCUT2D eigenvalue weighted by Gasteiger charge is -2.56. The van der Waals surface area contributed by atoms with Crippen molar-refractivity contribution in [3.63, 3.8) is 0 Å². The van der Waals surface area contributed by atoms with Crippen molar-refractivity contribution in [1.29, 1.82) is 0 Å². The van der Waals surface area contributed by atoms with Crippen LogP contribution in [0.3, 0.4) is 0 Å². The third kappa shape index (κ3) is 5.25. The highest BCUT2D eigenvalue weighted by molar-refractivity contribution is 5.66. The molecule has 3 aliphatic rings. The first kappa shape index (κ1) is 24.8. The molecule has 0 aromatic carbocycles. The maximum Gasteiger partial charge on any atom is 0.302 e. The Hall–Kier alpha value is -0.790. The third-order valence-corrected chi connectivity index (χ3v) is 9.84. The van der Waals surface area contributed by atoms with Crippen molar-refractivity contribution in [2.75, 3.05) is 0 Å². The standard InChI is InChI=1S/C29H50O2/c1-8-24(31-21(4)30)19-23-13-15-25-26(28(23,5)6)17-18-29(7)22(14-16-27(25)29)12-10-9-11-20(2)3/h13,20,22,24-27H,8-12,14-19H2,1-7H3/t22-,24-,25+,26-,27-,29+/m0/s1. The van der Waals surface area contributed by atoms with E-state index in [0.717, 1.165) is 42.4 Å². The fourth-order valence-electron chi connectivity index (χ4n) is 7.91. The highest BCUT2D eigenvalue weighted by atomic mass is 16.5. The molecule has 178 valence electrons. The molecule has 0 unspecified atom stereocenters. The first-order valence-electron chi connectivity index (χ1n) is 13.5. The Morgan fingerprint density at radius 2 is 1.87 bits per heavy atom. The van der Waals surface area contributed by atoms with Gasteiger partial charge in [-0.15, -0.1) is 0 Å². The van der Waals surface area contributed by atoms with Gasteiger partial charge in [-0.1, -0.05) is 72.5 Å². The molecule has 0 saturated heterocycles. The minimum atomic E-state index is -0.141. The second-order valence-electron chi connectivity index (χ2n) is 12.4. The number of fused-ring (bicyclic) bond motifs is 3. The summed E-state index contributed by atoms with van der Waals surface area (Å²) in [4.78, 5) is 11.5.